The maximum atomic E-state index is 12.7. The van der Waals surface area contributed by atoms with Crippen LogP contribution in [0.1, 0.15) is 33.6 Å². The highest BCUT2D eigenvalue weighted by molar-refractivity contribution is 6.35. The Bertz CT molecular complexity index is 1040. The molecule has 0 saturated carbocycles. The van der Waals surface area contributed by atoms with Crippen LogP contribution in [0.5, 0.6) is 0 Å². The van der Waals surface area contributed by atoms with Gasteiger partial charge in [-0.25, -0.2) is 0 Å². The summed E-state index contributed by atoms with van der Waals surface area (Å²) in [4.78, 5) is 27.1. The summed E-state index contributed by atoms with van der Waals surface area (Å²) in [5, 5.41) is 3.95. The quantitative estimate of drug-likeness (QED) is 0.630. The number of piperidine rings is 1. The summed E-state index contributed by atoms with van der Waals surface area (Å²) in [7, 11) is 0. The smallest absolute Gasteiger partial charge is 0.255 e. The van der Waals surface area contributed by atoms with Gasteiger partial charge in [-0.05, 0) is 67.4 Å². The topological polar surface area (TPSA) is 54.3 Å². The van der Waals surface area contributed by atoms with E-state index in [2.05, 4.69) is 5.32 Å². The molecule has 4 rings (SSSR count). The second kappa shape index (κ2) is 8.94. The van der Waals surface area contributed by atoms with Gasteiger partial charge in [0.1, 0.15) is 0 Å². The van der Waals surface area contributed by atoms with E-state index >= 15 is 0 Å². The molecular weight excluding hydrogens is 421 g/mol. The molecule has 1 aromatic heterocycles. The van der Waals surface area contributed by atoms with Gasteiger partial charge >= 0.3 is 0 Å². The van der Waals surface area contributed by atoms with E-state index in [-0.39, 0.29) is 17.9 Å². The molecule has 1 aliphatic heterocycles. The number of nitrogens with zero attached hydrogens (tertiary/aromatic N) is 2. The average molecular weight is 442 g/mol. The predicted octanol–water partition coefficient (Wildman–Crippen LogP) is 4.82. The number of carbonyl (C=O) groups excluding carboxylic acids is 2. The van der Waals surface area contributed by atoms with Gasteiger partial charge in [-0.1, -0.05) is 23.2 Å². The summed E-state index contributed by atoms with van der Waals surface area (Å²) >= 11 is 12.2. The minimum atomic E-state index is -0.132. The number of nitrogens with one attached hydrogen (secondary N) is 1. The zero-order valence-corrected chi connectivity index (χ0v) is 17.7. The van der Waals surface area contributed by atoms with Crippen LogP contribution in [-0.2, 0) is 0 Å². The molecule has 1 saturated heterocycles. The third-order valence-corrected chi connectivity index (χ3v) is 5.87. The first-order chi connectivity index (χ1) is 14.5. The van der Waals surface area contributed by atoms with Crippen LogP contribution in [0.3, 0.4) is 0 Å². The zero-order valence-electron chi connectivity index (χ0n) is 16.2. The Kier molecular flexibility index (Phi) is 6.11. The van der Waals surface area contributed by atoms with Crippen molar-refractivity contribution in [2.75, 3.05) is 13.1 Å². The van der Waals surface area contributed by atoms with Gasteiger partial charge in [-0.2, -0.15) is 0 Å². The molecule has 2 heterocycles. The normalized spacial score (nSPS) is 14.5. The van der Waals surface area contributed by atoms with Gasteiger partial charge in [0.05, 0.1) is 10.6 Å². The minimum absolute atomic E-state index is 0.0282. The fourth-order valence-electron chi connectivity index (χ4n) is 3.62. The van der Waals surface area contributed by atoms with E-state index in [0.29, 0.717) is 47.1 Å². The molecule has 7 heteroatoms. The van der Waals surface area contributed by atoms with E-state index in [9.17, 15) is 9.59 Å². The third-order valence-electron chi connectivity index (χ3n) is 5.31. The van der Waals surface area contributed by atoms with Gasteiger partial charge in [0.25, 0.3) is 11.8 Å². The second-order valence-electron chi connectivity index (χ2n) is 7.30. The lowest BCUT2D eigenvalue weighted by molar-refractivity contribution is 0.0698. The molecule has 1 fully saturated rings. The molecule has 0 spiro atoms. The number of aromatic nitrogens is 1. The molecule has 0 unspecified atom stereocenters. The molecule has 1 N–H and O–H groups in total. The second-order valence-corrected chi connectivity index (χ2v) is 8.14. The van der Waals surface area contributed by atoms with E-state index < -0.39 is 0 Å². The highest BCUT2D eigenvalue weighted by Gasteiger charge is 2.26. The number of likely N-dealkylation sites (tertiary alicyclic amines) is 1. The zero-order chi connectivity index (χ0) is 21.1. The summed E-state index contributed by atoms with van der Waals surface area (Å²) in [5.74, 6) is -0.232. The van der Waals surface area contributed by atoms with Crippen molar-refractivity contribution in [3.05, 3.63) is 88.2 Å². The lowest BCUT2D eigenvalue weighted by atomic mass is 10.0. The maximum absolute atomic E-state index is 12.7. The van der Waals surface area contributed by atoms with Gasteiger partial charge < -0.3 is 14.8 Å². The van der Waals surface area contributed by atoms with Crippen LogP contribution in [0.25, 0.3) is 5.69 Å². The van der Waals surface area contributed by atoms with E-state index in [1.54, 1.807) is 23.1 Å². The molecule has 2 aromatic carbocycles. The van der Waals surface area contributed by atoms with Gasteiger partial charge in [0, 0.05) is 47.8 Å². The fraction of sp³-hybridized carbons (Fsp3) is 0.217. The van der Waals surface area contributed by atoms with Crippen molar-refractivity contribution in [1.29, 1.82) is 0 Å². The Labute approximate surface area is 185 Å². The van der Waals surface area contributed by atoms with Crippen molar-refractivity contribution < 1.29 is 9.59 Å². The largest absolute Gasteiger partial charge is 0.349 e. The summed E-state index contributed by atoms with van der Waals surface area (Å²) in [5.41, 5.74) is 2.03. The first-order valence-corrected chi connectivity index (χ1v) is 10.6. The monoisotopic (exact) mass is 441 g/mol. The predicted molar refractivity (Wildman–Crippen MR) is 119 cm³/mol. The Balaban J connectivity index is 1.33. The van der Waals surface area contributed by atoms with Gasteiger partial charge in [0.2, 0.25) is 0 Å². The molecular formula is C23H21Cl2N3O2. The van der Waals surface area contributed by atoms with Crippen molar-refractivity contribution in [2.24, 2.45) is 0 Å². The van der Waals surface area contributed by atoms with E-state index in [1.807, 2.05) is 53.4 Å². The molecule has 154 valence electrons. The van der Waals surface area contributed by atoms with Gasteiger partial charge in [-0.3, -0.25) is 9.59 Å². The lowest BCUT2D eigenvalue weighted by Gasteiger charge is -2.32. The van der Waals surface area contributed by atoms with Gasteiger partial charge in [-0.15, -0.1) is 0 Å². The van der Waals surface area contributed by atoms with Crippen LogP contribution in [-0.4, -0.2) is 40.4 Å². The van der Waals surface area contributed by atoms with Crippen LogP contribution in [0.2, 0.25) is 10.0 Å². The van der Waals surface area contributed by atoms with E-state index in [1.165, 1.54) is 0 Å². The number of halogens is 2. The molecule has 0 bridgehead atoms. The fourth-order valence-corrected chi connectivity index (χ4v) is 3.99. The van der Waals surface area contributed by atoms with Crippen molar-refractivity contribution >= 4 is 35.0 Å². The Morgan fingerprint density at radius 1 is 0.933 bits per heavy atom. The molecule has 0 atom stereocenters. The average Bonchev–Trinajstić information content (AvgIpc) is 3.30. The Hall–Kier alpha value is -2.76. The van der Waals surface area contributed by atoms with Crippen LogP contribution in [0.4, 0.5) is 0 Å². The highest BCUT2D eigenvalue weighted by atomic mass is 35.5. The number of hydrogen-bond donors (Lipinski definition) is 1. The molecule has 1 aliphatic rings. The van der Waals surface area contributed by atoms with Crippen LogP contribution >= 0.6 is 23.2 Å². The standard InChI is InChI=1S/C23H21Cl2N3O2/c24-17-5-8-21(25)20(15-17)23(30)28-13-9-18(10-14-28)26-22(29)16-3-6-19(7-4-16)27-11-1-2-12-27/h1-8,11-12,15,18H,9-10,13-14H2,(H,26,29). The number of benzene rings is 2. The molecule has 0 aliphatic carbocycles. The van der Waals surface area contributed by atoms with E-state index in [0.717, 1.165) is 5.69 Å². The Morgan fingerprint density at radius 3 is 2.27 bits per heavy atom. The molecule has 0 radical (unpaired) electrons. The maximum Gasteiger partial charge on any atom is 0.255 e. The molecule has 30 heavy (non-hydrogen) atoms. The molecule has 3 aromatic rings. The SMILES string of the molecule is O=C(NC1CCN(C(=O)c2cc(Cl)ccc2Cl)CC1)c1ccc(-n2cccc2)cc1. The van der Waals surface area contributed by atoms with Crippen LogP contribution < -0.4 is 5.32 Å². The van der Waals surface area contributed by atoms with E-state index in [4.69, 9.17) is 23.2 Å². The van der Waals surface area contributed by atoms with Crippen LogP contribution in [0, 0.1) is 0 Å². The van der Waals surface area contributed by atoms with Crippen molar-refractivity contribution in [1.82, 2.24) is 14.8 Å². The minimum Gasteiger partial charge on any atom is -0.349 e. The molecule has 5 nitrogen and oxygen atoms in total. The van der Waals surface area contributed by atoms with Crippen LogP contribution in [0.15, 0.2) is 67.0 Å². The summed E-state index contributed by atoms with van der Waals surface area (Å²) < 4.78 is 1.99. The first kappa shape index (κ1) is 20.5. The van der Waals surface area contributed by atoms with Gasteiger partial charge in [0.15, 0.2) is 0 Å². The van der Waals surface area contributed by atoms with Crippen molar-refractivity contribution in [3.63, 3.8) is 0 Å². The van der Waals surface area contributed by atoms with Crippen molar-refractivity contribution in [2.45, 2.75) is 18.9 Å². The highest BCUT2D eigenvalue weighted by Crippen LogP contribution is 2.24. The molecule has 2 amide bonds. The summed E-state index contributed by atoms with van der Waals surface area (Å²) in [6, 6.07) is 16.3. The lowest BCUT2D eigenvalue weighted by Crippen LogP contribution is -2.46. The number of rotatable bonds is 4. The number of amides is 2. The number of carbonyl (C=O) groups is 2. The summed E-state index contributed by atoms with van der Waals surface area (Å²) in [6.07, 6.45) is 5.30. The Morgan fingerprint density at radius 2 is 1.60 bits per heavy atom. The van der Waals surface area contributed by atoms with Crippen molar-refractivity contribution in [3.8, 4) is 5.69 Å². The third kappa shape index (κ3) is 4.53. The first-order valence-electron chi connectivity index (χ1n) is 9.80. The summed E-state index contributed by atoms with van der Waals surface area (Å²) in [6.45, 7) is 1.11. The number of hydrogen-bond acceptors (Lipinski definition) is 2.